The van der Waals surface area contributed by atoms with Gasteiger partial charge in [0.2, 0.25) is 0 Å². The van der Waals surface area contributed by atoms with E-state index in [4.69, 9.17) is 12.2 Å². The summed E-state index contributed by atoms with van der Waals surface area (Å²) in [7, 11) is 0. The second-order valence-electron chi connectivity index (χ2n) is 10.5. The van der Waals surface area contributed by atoms with Crippen molar-refractivity contribution in [2.45, 2.75) is 129 Å². The molecule has 0 saturated heterocycles. The normalized spacial score (nSPS) is 11.6. The predicted molar refractivity (Wildman–Crippen MR) is 166 cm³/mol. The summed E-state index contributed by atoms with van der Waals surface area (Å²) in [5.41, 5.74) is 3.71. The van der Waals surface area contributed by atoms with Crippen LogP contribution in [0.15, 0.2) is 66.2 Å². The Labute approximate surface area is 229 Å². The maximum Gasteiger partial charge on any atom is 0.0481 e. The molecule has 0 N–H and O–H groups in total. The Morgan fingerprint density at radius 3 is 1.36 bits per heavy atom. The Kier molecular flexibility index (Phi) is 18.1. The first-order valence-corrected chi connectivity index (χ1v) is 15.6. The van der Waals surface area contributed by atoms with Crippen molar-refractivity contribution in [1.29, 1.82) is 0 Å². The maximum atomic E-state index is 5.89. The summed E-state index contributed by atoms with van der Waals surface area (Å²) in [5.74, 6) is 0. The lowest BCUT2D eigenvalue weighted by Crippen LogP contribution is -2.02. The molecule has 1 heteroatoms. The molecule has 0 bridgehead atoms. The Balaban J connectivity index is 1.50. The van der Waals surface area contributed by atoms with Crippen LogP contribution in [0.4, 0.5) is 0 Å². The number of thiocarbonyl (C=S) groups is 1. The Bertz CT molecular complexity index is 805. The van der Waals surface area contributed by atoms with Gasteiger partial charge in [0.05, 0.1) is 0 Å². The van der Waals surface area contributed by atoms with Crippen LogP contribution in [0.3, 0.4) is 0 Å². The smallest absolute Gasteiger partial charge is 0.0481 e. The number of allylic oxidation sites excluding steroid dienone is 1. The largest absolute Gasteiger partial charge is 0.0792 e. The van der Waals surface area contributed by atoms with E-state index < -0.39 is 0 Å². The van der Waals surface area contributed by atoms with Gasteiger partial charge in [-0.2, -0.15) is 0 Å². The molecular formula is C35H52S. The van der Waals surface area contributed by atoms with Crippen molar-refractivity contribution in [2.75, 3.05) is 0 Å². The highest BCUT2D eigenvalue weighted by molar-refractivity contribution is 7.81. The van der Waals surface area contributed by atoms with Crippen molar-refractivity contribution in [2.24, 2.45) is 0 Å². The van der Waals surface area contributed by atoms with Gasteiger partial charge in [0.1, 0.15) is 0 Å². The van der Waals surface area contributed by atoms with Crippen LogP contribution in [0.25, 0.3) is 6.08 Å². The summed E-state index contributed by atoms with van der Waals surface area (Å²) in [6, 6.07) is 21.1. The zero-order chi connectivity index (χ0) is 25.5. The van der Waals surface area contributed by atoms with E-state index in [1.165, 1.54) is 127 Å². The molecule has 0 unspecified atom stereocenters. The van der Waals surface area contributed by atoms with Crippen molar-refractivity contribution in [3.8, 4) is 0 Å². The summed E-state index contributed by atoms with van der Waals surface area (Å²) in [4.78, 5) is 1.01. The maximum absolute atomic E-state index is 5.89. The van der Waals surface area contributed by atoms with Crippen LogP contribution in [0.1, 0.15) is 140 Å². The molecule has 0 radical (unpaired) electrons. The van der Waals surface area contributed by atoms with E-state index in [2.05, 4.69) is 73.7 Å². The number of benzene rings is 2. The first-order chi connectivity index (χ1) is 17.8. The number of unbranched alkanes of at least 4 members (excludes halogenated alkanes) is 17. The second-order valence-corrected chi connectivity index (χ2v) is 10.9. The molecule has 0 amide bonds. The van der Waals surface area contributed by atoms with E-state index in [9.17, 15) is 0 Å². The Morgan fingerprint density at radius 1 is 0.528 bits per heavy atom. The molecule has 198 valence electrons. The lowest BCUT2D eigenvalue weighted by molar-refractivity contribution is 0.525. The molecular weight excluding hydrogens is 452 g/mol. The molecule has 0 saturated carbocycles. The summed E-state index contributed by atoms with van der Waals surface area (Å²) in [6.45, 7) is 2.30. The molecule has 0 aliphatic carbocycles. The minimum absolute atomic E-state index is 1.01. The van der Waals surface area contributed by atoms with Gasteiger partial charge in [-0.05, 0) is 29.5 Å². The summed E-state index contributed by atoms with van der Waals surface area (Å²) < 4.78 is 0. The van der Waals surface area contributed by atoms with E-state index in [-0.39, 0.29) is 0 Å². The zero-order valence-corrected chi connectivity index (χ0v) is 24.0. The van der Waals surface area contributed by atoms with Crippen LogP contribution in [0.5, 0.6) is 0 Å². The fourth-order valence-corrected chi connectivity index (χ4v) is 5.29. The second kappa shape index (κ2) is 21.4. The molecule has 0 spiro atoms. The summed E-state index contributed by atoms with van der Waals surface area (Å²) in [6.07, 6.45) is 28.8. The van der Waals surface area contributed by atoms with Crippen LogP contribution in [0, 0.1) is 0 Å². The minimum atomic E-state index is 1.01. The molecule has 0 nitrogen and oxygen atoms in total. The van der Waals surface area contributed by atoms with Crippen molar-refractivity contribution in [3.63, 3.8) is 0 Å². The molecule has 2 rings (SSSR count). The van der Waals surface area contributed by atoms with Gasteiger partial charge in [-0.1, -0.05) is 195 Å². The first kappa shape index (κ1) is 30.5. The van der Waals surface area contributed by atoms with E-state index in [0.29, 0.717) is 0 Å². The van der Waals surface area contributed by atoms with Gasteiger partial charge in [-0.25, -0.2) is 0 Å². The third kappa shape index (κ3) is 14.7. The molecule has 0 fully saturated rings. The molecule has 0 atom stereocenters. The highest BCUT2D eigenvalue weighted by atomic mass is 32.1. The predicted octanol–water partition coefficient (Wildman–Crippen LogP) is 11.9. The van der Waals surface area contributed by atoms with E-state index in [1.54, 1.807) is 0 Å². The van der Waals surface area contributed by atoms with Gasteiger partial charge >= 0.3 is 0 Å². The van der Waals surface area contributed by atoms with E-state index >= 15 is 0 Å². The third-order valence-corrected chi connectivity index (χ3v) is 7.77. The van der Waals surface area contributed by atoms with Gasteiger partial charge in [-0.15, -0.1) is 0 Å². The summed E-state index contributed by atoms with van der Waals surface area (Å²) >= 11 is 5.89. The standard InChI is InChI=1S/C35H52S/c1-2-3-4-5-6-7-8-9-10-11-12-13-14-15-16-17-18-23-30-34(31-32-26-21-19-22-27-32)35(36)33-28-24-20-25-29-33/h19-22,24-29,31H,2-18,23,30H2,1H3. The molecule has 0 aromatic heterocycles. The zero-order valence-electron chi connectivity index (χ0n) is 23.2. The van der Waals surface area contributed by atoms with Crippen molar-refractivity contribution < 1.29 is 0 Å². The highest BCUT2D eigenvalue weighted by Gasteiger charge is 2.08. The lowest BCUT2D eigenvalue weighted by atomic mass is 9.96. The Morgan fingerprint density at radius 2 is 0.917 bits per heavy atom. The monoisotopic (exact) mass is 504 g/mol. The van der Waals surface area contributed by atoms with E-state index in [1.807, 2.05) is 0 Å². The molecule has 2 aromatic carbocycles. The highest BCUT2D eigenvalue weighted by Crippen LogP contribution is 2.21. The van der Waals surface area contributed by atoms with Crippen molar-refractivity contribution >= 4 is 23.2 Å². The average molecular weight is 505 g/mol. The van der Waals surface area contributed by atoms with E-state index in [0.717, 1.165) is 16.8 Å². The number of hydrogen-bond donors (Lipinski definition) is 0. The van der Waals surface area contributed by atoms with Crippen molar-refractivity contribution in [3.05, 3.63) is 77.4 Å². The third-order valence-electron chi connectivity index (χ3n) is 7.27. The van der Waals surface area contributed by atoms with Crippen LogP contribution >= 0.6 is 12.2 Å². The van der Waals surface area contributed by atoms with Crippen LogP contribution in [-0.2, 0) is 0 Å². The number of hydrogen-bond acceptors (Lipinski definition) is 1. The lowest BCUT2D eigenvalue weighted by Gasteiger charge is -2.11. The summed E-state index contributed by atoms with van der Waals surface area (Å²) in [5, 5.41) is 0. The quantitative estimate of drug-likeness (QED) is 0.0664. The van der Waals surface area contributed by atoms with Crippen LogP contribution in [0.2, 0.25) is 0 Å². The van der Waals surface area contributed by atoms with Crippen molar-refractivity contribution in [1.82, 2.24) is 0 Å². The minimum Gasteiger partial charge on any atom is -0.0792 e. The van der Waals surface area contributed by atoms with Gasteiger partial charge in [0, 0.05) is 4.86 Å². The molecule has 2 aromatic rings. The SMILES string of the molecule is CCCCCCCCCCCCCCCCCCCCC(=Cc1ccccc1)C(=S)c1ccccc1. The number of rotatable bonds is 22. The van der Waals surface area contributed by atoms with Crippen LogP contribution < -0.4 is 0 Å². The van der Waals surface area contributed by atoms with Crippen LogP contribution in [-0.4, -0.2) is 4.86 Å². The van der Waals surface area contributed by atoms with Gasteiger partial charge in [0.25, 0.3) is 0 Å². The molecule has 0 aliphatic heterocycles. The fraction of sp³-hybridized carbons (Fsp3) is 0.571. The van der Waals surface area contributed by atoms with Gasteiger partial charge in [-0.3, -0.25) is 0 Å². The topological polar surface area (TPSA) is 0 Å². The molecule has 36 heavy (non-hydrogen) atoms. The van der Waals surface area contributed by atoms with Gasteiger partial charge < -0.3 is 0 Å². The molecule has 0 aliphatic rings. The van der Waals surface area contributed by atoms with Gasteiger partial charge in [0.15, 0.2) is 0 Å². The molecule has 0 heterocycles. The Hall–Kier alpha value is -1.73. The fourth-order valence-electron chi connectivity index (χ4n) is 4.99. The average Bonchev–Trinajstić information content (AvgIpc) is 2.92. The first-order valence-electron chi connectivity index (χ1n) is 15.2.